The van der Waals surface area contributed by atoms with Crippen LogP contribution >= 0.6 is 22.9 Å². The van der Waals surface area contributed by atoms with Crippen molar-refractivity contribution in [1.29, 1.82) is 0 Å². The van der Waals surface area contributed by atoms with Gasteiger partial charge in [0.2, 0.25) is 0 Å². The van der Waals surface area contributed by atoms with E-state index < -0.39 is 16.1 Å². The molecular formula is C16H14ClN3O3S2. The van der Waals surface area contributed by atoms with Gasteiger partial charge in [-0.15, -0.1) is 11.3 Å². The molecule has 1 aromatic carbocycles. The number of halogens is 1. The fourth-order valence-electron chi connectivity index (χ4n) is 2.20. The fraction of sp³-hybridized carbons (Fsp3) is 0.125. The minimum absolute atomic E-state index is 0.0852. The molecule has 0 radical (unpaired) electrons. The summed E-state index contributed by atoms with van der Waals surface area (Å²) in [6.45, 7) is 1.63. The third-order valence-electron chi connectivity index (χ3n) is 3.50. The van der Waals surface area contributed by atoms with Crippen LogP contribution in [-0.4, -0.2) is 23.5 Å². The summed E-state index contributed by atoms with van der Waals surface area (Å²) in [5.74, 6) is 0. The lowest BCUT2D eigenvalue weighted by Crippen LogP contribution is -2.14. The molecule has 0 aliphatic heterocycles. The number of aromatic nitrogens is 2. The molecule has 25 heavy (non-hydrogen) atoms. The molecule has 0 fully saturated rings. The van der Waals surface area contributed by atoms with Gasteiger partial charge in [-0.3, -0.25) is 9.71 Å². The van der Waals surface area contributed by atoms with E-state index in [9.17, 15) is 13.5 Å². The summed E-state index contributed by atoms with van der Waals surface area (Å²) < 4.78 is 27.5. The van der Waals surface area contributed by atoms with Gasteiger partial charge in [-0.1, -0.05) is 23.7 Å². The van der Waals surface area contributed by atoms with Crippen LogP contribution in [0, 0.1) is 6.92 Å². The number of nitrogens with one attached hydrogen (secondary N) is 1. The highest BCUT2D eigenvalue weighted by Crippen LogP contribution is 2.28. The summed E-state index contributed by atoms with van der Waals surface area (Å²) >= 11 is 7.07. The van der Waals surface area contributed by atoms with E-state index >= 15 is 0 Å². The number of rotatable bonds is 5. The zero-order valence-corrected chi connectivity index (χ0v) is 15.4. The average molecular weight is 396 g/mol. The Kier molecular flexibility index (Phi) is 5.05. The molecule has 0 aliphatic carbocycles. The van der Waals surface area contributed by atoms with E-state index in [4.69, 9.17) is 11.6 Å². The average Bonchev–Trinajstić information content (AvgIpc) is 3.05. The number of sulfonamides is 1. The summed E-state index contributed by atoms with van der Waals surface area (Å²) in [6, 6.07) is 9.83. The molecule has 2 aromatic heterocycles. The minimum atomic E-state index is -3.83. The van der Waals surface area contributed by atoms with Crippen LogP contribution < -0.4 is 4.72 Å². The maximum atomic E-state index is 12.5. The van der Waals surface area contributed by atoms with Crippen LogP contribution in [0.3, 0.4) is 0 Å². The van der Waals surface area contributed by atoms with Crippen molar-refractivity contribution in [3.8, 4) is 0 Å². The van der Waals surface area contributed by atoms with E-state index in [1.54, 1.807) is 48.8 Å². The Hall–Kier alpha value is -2.00. The van der Waals surface area contributed by atoms with Gasteiger partial charge in [0.25, 0.3) is 10.0 Å². The van der Waals surface area contributed by atoms with Gasteiger partial charge in [0.15, 0.2) is 5.13 Å². The minimum Gasteiger partial charge on any atom is -0.380 e. The topological polar surface area (TPSA) is 92.2 Å². The molecular weight excluding hydrogens is 382 g/mol. The molecule has 1 unspecified atom stereocenters. The van der Waals surface area contributed by atoms with Crippen molar-refractivity contribution in [2.75, 3.05) is 4.72 Å². The van der Waals surface area contributed by atoms with Crippen LogP contribution in [0.4, 0.5) is 5.13 Å². The molecule has 1 atom stereocenters. The lowest BCUT2D eigenvalue weighted by atomic mass is 10.2. The van der Waals surface area contributed by atoms with Gasteiger partial charge in [-0.05, 0) is 36.8 Å². The van der Waals surface area contributed by atoms with Gasteiger partial charge < -0.3 is 5.11 Å². The first-order valence-electron chi connectivity index (χ1n) is 7.21. The zero-order chi connectivity index (χ0) is 18.0. The van der Waals surface area contributed by atoms with Gasteiger partial charge in [0.1, 0.15) is 6.10 Å². The number of hydrogen-bond acceptors (Lipinski definition) is 6. The molecule has 0 amide bonds. The van der Waals surface area contributed by atoms with E-state index in [0.29, 0.717) is 22.0 Å². The lowest BCUT2D eigenvalue weighted by molar-refractivity contribution is 0.211. The highest BCUT2D eigenvalue weighted by Gasteiger charge is 2.21. The zero-order valence-electron chi connectivity index (χ0n) is 13.0. The summed E-state index contributed by atoms with van der Waals surface area (Å²) in [7, 11) is -3.83. The Labute approximate surface area is 154 Å². The van der Waals surface area contributed by atoms with Crippen LogP contribution in [0.15, 0.2) is 52.9 Å². The summed E-state index contributed by atoms with van der Waals surface area (Å²) in [6.07, 6.45) is 0.542. The largest absolute Gasteiger partial charge is 0.380 e. The van der Waals surface area contributed by atoms with Gasteiger partial charge in [0.05, 0.1) is 16.3 Å². The molecule has 3 rings (SSSR count). The quantitative estimate of drug-likeness (QED) is 0.690. The van der Waals surface area contributed by atoms with Crippen molar-refractivity contribution in [3.63, 3.8) is 0 Å². The number of benzene rings is 1. The Morgan fingerprint density at radius 3 is 2.72 bits per heavy atom. The number of hydrogen-bond donors (Lipinski definition) is 2. The van der Waals surface area contributed by atoms with E-state index in [-0.39, 0.29) is 10.0 Å². The number of thiazole rings is 1. The van der Waals surface area contributed by atoms with E-state index in [0.717, 1.165) is 11.3 Å². The maximum Gasteiger partial charge on any atom is 0.263 e. The predicted molar refractivity (Wildman–Crippen MR) is 97.4 cm³/mol. The summed E-state index contributed by atoms with van der Waals surface area (Å²) in [4.78, 5) is 8.31. The molecule has 130 valence electrons. The number of aliphatic hydroxyl groups is 1. The maximum absolute atomic E-state index is 12.5. The van der Waals surface area contributed by atoms with Crippen LogP contribution in [0.2, 0.25) is 5.02 Å². The summed E-state index contributed by atoms with van der Waals surface area (Å²) in [5, 5.41) is 12.4. The van der Waals surface area contributed by atoms with Gasteiger partial charge in [-0.2, -0.15) is 0 Å². The van der Waals surface area contributed by atoms with Gasteiger partial charge in [0, 0.05) is 16.6 Å². The van der Waals surface area contributed by atoms with Crippen molar-refractivity contribution in [1.82, 2.24) is 9.97 Å². The first-order valence-corrected chi connectivity index (χ1v) is 9.95. The third kappa shape index (κ3) is 3.82. The van der Waals surface area contributed by atoms with Crippen molar-refractivity contribution < 1.29 is 13.5 Å². The first-order chi connectivity index (χ1) is 11.9. The highest BCUT2D eigenvalue weighted by atomic mass is 35.5. The van der Waals surface area contributed by atoms with Crippen molar-refractivity contribution in [2.24, 2.45) is 0 Å². The third-order valence-corrected chi connectivity index (χ3v) is 6.30. The Morgan fingerprint density at radius 1 is 1.20 bits per heavy atom. The van der Waals surface area contributed by atoms with Crippen LogP contribution in [0.1, 0.15) is 23.1 Å². The number of nitrogens with zero attached hydrogens (tertiary/aromatic N) is 2. The molecule has 9 heteroatoms. The van der Waals surface area contributed by atoms with E-state index in [1.807, 2.05) is 0 Å². The van der Waals surface area contributed by atoms with Gasteiger partial charge >= 0.3 is 0 Å². The molecule has 3 aromatic rings. The van der Waals surface area contributed by atoms with Crippen molar-refractivity contribution in [3.05, 3.63) is 69.9 Å². The molecule has 0 aliphatic rings. The van der Waals surface area contributed by atoms with Gasteiger partial charge in [-0.25, -0.2) is 13.4 Å². The van der Waals surface area contributed by atoms with Crippen LogP contribution in [0.25, 0.3) is 0 Å². The molecule has 0 saturated carbocycles. The Balaban J connectivity index is 1.85. The smallest absolute Gasteiger partial charge is 0.263 e. The Bertz CT molecular complexity index is 991. The number of pyridine rings is 1. The summed E-state index contributed by atoms with van der Waals surface area (Å²) in [5.41, 5.74) is 1.22. The Morgan fingerprint density at radius 2 is 2.00 bits per heavy atom. The molecule has 2 N–H and O–H groups in total. The lowest BCUT2D eigenvalue weighted by Gasteiger charge is -2.09. The van der Waals surface area contributed by atoms with E-state index in [1.165, 1.54) is 6.07 Å². The SMILES string of the molecule is Cc1c(Cl)cccc1S(=O)(=O)Nc1nc(C(O)c2ccccn2)cs1. The first kappa shape index (κ1) is 17.8. The van der Waals surface area contributed by atoms with Crippen molar-refractivity contribution in [2.45, 2.75) is 17.9 Å². The second kappa shape index (κ2) is 7.09. The van der Waals surface area contributed by atoms with Crippen LogP contribution in [0.5, 0.6) is 0 Å². The second-order valence-electron chi connectivity index (χ2n) is 5.20. The highest BCUT2D eigenvalue weighted by molar-refractivity contribution is 7.93. The fourth-order valence-corrected chi connectivity index (χ4v) is 4.68. The monoisotopic (exact) mass is 395 g/mol. The standard InChI is InChI=1S/C16H14ClN3O3S2/c1-10-11(17)5-4-7-14(10)25(22,23)20-16-19-13(9-24-16)15(21)12-6-2-3-8-18-12/h2-9,15,21H,1H3,(H,19,20). The molecule has 0 bridgehead atoms. The normalized spacial score (nSPS) is 12.8. The molecule has 0 saturated heterocycles. The number of anilines is 1. The van der Waals surface area contributed by atoms with Crippen LogP contribution in [-0.2, 0) is 10.0 Å². The molecule has 2 heterocycles. The second-order valence-corrected chi connectivity index (χ2v) is 8.12. The predicted octanol–water partition coefficient (Wildman–Crippen LogP) is 3.38. The molecule has 0 spiro atoms. The molecule has 6 nitrogen and oxygen atoms in total. The van der Waals surface area contributed by atoms with E-state index in [2.05, 4.69) is 14.7 Å². The number of aliphatic hydroxyl groups excluding tert-OH is 1. The van der Waals surface area contributed by atoms with Crippen molar-refractivity contribution >= 4 is 38.1 Å².